The van der Waals surface area contributed by atoms with Gasteiger partial charge in [-0.25, -0.2) is 0 Å². The highest BCUT2D eigenvalue weighted by Crippen LogP contribution is 2.86. The number of ether oxygens (including phenoxy) is 2. The quantitative estimate of drug-likeness (QED) is 0.449. The Morgan fingerprint density at radius 2 is 1.78 bits per heavy atom. The third kappa shape index (κ3) is 3.26. The monoisotopic (exact) mass is 518 g/mol. The highest BCUT2D eigenvalue weighted by Gasteiger charge is 2.84. The summed E-state index contributed by atoms with van der Waals surface area (Å²) in [5.74, 6) is 1.60. The topological polar surface area (TPSA) is 97.0 Å². The fraction of sp³-hybridized carbons (Fsp3) is 1.00. The van der Waals surface area contributed by atoms with Gasteiger partial charge in [-0.15, -0.1) is 0 Å². The standard InChI is InChI=1S/C31H54N2O4/c1-8-36-25(27(5,6)35)19-16-18(2)22-23(37-19)24(34)31(32)21-11-10-20-26(3,4)33-15-9-12-29(20)17-30(21,29)14-13-28(22,31)7/h18-25,33-35H,8-17,32H2,1-7H3/t18-,19-,20+,21-,22+,23+,24+,25+,28-,29?,30+,31+/m1/s1. The molecule has 2 aliphatic heterocycles. The van der Waals surface area contributed by atoms with Crippen molar-refractivity contribution >= 4 is 0 Å². The SMILES string of the molecule is CCO[C@@H]([C@H]1C[C@@H](C)[C@H]2[C@H](O1)[C@H](O)[C@@]1(N)[C@@H]3CC[C@H]4C(C)(C)NCCCC45C[C@@]35CC[C@]21C)C(C)(C)O. The number of fused-ring (bicyclic) bond motifs is 4. The van der Waals surface area contributed by atoms with Crippen LogP contribution < -0.4 is 11.1 Å². The molecule has 6 heteroatoms. The maximum absolute atomic E-state index is 12.3. The summed E-state index contributed by atoms with van der Waals surface area (Å²) >= 11 is 0. The van der Waals surface area contributed by atoms with E-state index < -0.39 is 23.3 Å². The van der Waals surface area contributed by atoms with Gasteiger partial charge in [-0.2, -0.15) is 0 Å². The van der Waals surface area contributed by atoms with Gasteiger partial charge in [0.2, 0.25) is 0 Å². The minimum absolute atomic E-state index is 0.150. The summed E-state index contributed by atoms with van der Waals surface area (Å²) in [7, 11) is 0. The lowest BCUT2D eigenvalue weighted by Gasteiger charge is -2.61. The zero-order valence-corrected chi connectivity index (χ0v) is 24.5. The Labute approximate surface area is 224 Å². The average Bonchev–Trinajstić information content (AvgIpc) is 3.47. The van der Waals surface area contributed by atoms with Gasteiger partial charge in [-0.05, 0) is 132 Å². The van der Waals surface area contributed by atoms with E-state index in [4.69, 9.17) is 15.2 Å². The number of nitrogens with one attached hydrogen (secondary N) is 1. The van der Waals surface area contributed by atoms with Crippen molar-refractivity contribution in [2.45, 2.75) is 141 Å². The highest BCUT2D eigenvalue weighted by molar-refractivity contribution is 5.35. The van der Waals surface area contributed by atoms with Crippen molar-refractivity contribution in [2.24, 2.45) is 45.7 Å². The van der Waals surface area contributed by atoms with Crippen LogP contribution in [0.2, 0.25) is 0 Å². The zero-order chi connectivity index (χ0) is 26.8. The lowest BCUT2D eigenvalue weighted by molar-refractivity contribution is -0.214. The Morgan fingerprint density at radius 3 is 2.46 bits per heavy atom. The summed E-state index contributed by atoms with van der Waals surface area (Å²) in [6, 6.07) is 0. The first-order valence-corrected chi connectivity index (χ1v) is 15.4. The van der Waals surface area contributed by atoms with E-state index in [1.165, 1.54) is 32.1 Å². The largest absolute Gasteiger partial charge is 0.388 e. The van der Waals surface area contributed by atoms with Crippen LogP contribution in [-0.4, -0.2) is 64.5 Å². The van der Waals surface area contributed by atoms with E-state index in [2.05, 4.69) is 33.0 Å². The number of rotatable bonds is 4. The van der Waals surface area contributed by atoms with E-state index in [9.17, 15) is 10.2 Å². The van der Waals surface area contributed by atoms with Gasteiger partial charge in [0.05, 0.1) is 29.5 Å². The summed E-state index contributed by atoms with van der Waals surface area (Å²) in [5.41, 5.74) is 6.69. The Bertz CT molecular complexity index is 919. The fourth-order valence-corrected chi connectivity index (χ4v) is 12.0. The molecule has 6 aliphatic rings. The summed E-state index contributed by atoms with van der Waals surface area (Å²) in [5, 5.41) is 27.1. The van der Waals surface area contributed by atoms with Crippen molar-refractivity contribution in [1.29, 1.82) is 0 Å². The molecule has 37 heavy (non-hydrogen) atoms. The minimum Gasteiger partial charge on any atom is -0.388 e. The Kier molecular flexibility index (Phi) is 5.95. The molecule has 4 aliphatic carbocycles. The van der Waals surface area contributed by atoms with Crippen LogP contribution >= 0.6 is 0 Å². The van der Waals surface area contributed by atoms with Gasteiger partial charge in [0.15, 0.2) is 0 Å². The van der Waals surface area contributed by atoms with E-state index in [-0.39, 0.29) is 34.5 Å². The van der Waals surface area contributed by atoms with Crippen molar-refractivity contribution < 1.29 is 19.7 Å². The lowest BCUT2D eigenvalue weighted by Crippen LogP contribution is -2.69. The fourth-order valence-electron chi connectivity index (χ4n) is 12.0. The molecule has 212 valence electrons. The predicted octanol–water partition coefficient (Wildman–Crippen LogP) is 4.01. The van der Waals surface area contributed by atoms with Gasteiger partial charge < -0.3 is 30.7 Å². The smallest absolute Gasteiger partial charge is 0.112 e. The van der Waals surface area contributed by atoms with E-state index in [0.717, 1.165) is 25.8 Å². The molecular formula is C31H54N2O4. The highest BCUT2D eigenvalue weighted by atomic mass is 16.6. The van der Waals surface area contributed by atoms with Crippen molar-refractivity contribution in [2.75, 3.05) is 13.2 Å². The average molecular weight is 519 g/mol. The van der Waals surface area contributed by atoms with Crippen LogP contribution in [0, 0.1) is 39.9 Å². The van der Waals surface area contributed by atoms with Crippen molar-refractivity contribution in [3.05, 3.63) is 0 Å². The molecule has 0 radical (unpaired) electrons. The van der Waals surface area contributed by atoms with Crippen molar-refractivity contribution in [3.8, 4) is 0 Å². The normalized spacial score (nSPS) is 55.1. The second kappa shape index (κ2) is 8.16. The molecule has 5 N–H and O–H groups in total. The molecule has 2 saturated heterocycles. The van der Waals surface area contributed by atoms with Gasteiger partial charge in [0.1, 0.15) is 6.10 Å². The van der Waals surface area contributed by atoms with Crippen LogP contribution in [0.25, 0.3) is 0 Å². The first-order chi connectivity index (χ1) is 17.2. The molecule has 0 aromatic carbocycles. The van der Waals surface area contributed by atoms with Gasteiger partial charge >= 0.3 is 0 Å². The first-order valence-electron chi connectivity index (χ1n) is 15.4. The molecule has 2 spiro atoms. The number of nitrogens with two attached hydrogens (primary N) is 1. The van der Waals surface area contributed by atoms with Gasteiger partial charge in [0.25, 0.3) is 0 Å². The molecule has 6 nitrogen and oxygen atoms in total. The van der Waals surface area contributed by atoms with E-state index >= 15 is 0 Å². The second-order valence-corrected chi connectivity index (χ2v) is 15.6. The van der Waals surface area contributed by atoms with Crippen molar-refractivity contribution in [3.63, 3.8) is 0 Å². The van der Waals surface area contributed by atoms with Crippen LogP contribution in [0.1, 0.15) is 99.8 Å². The molecule has 2 heterocycles. The molecular weight excluding hydrogens is 464 g/mol. The molecule has 1 unspecified atom stereocenters. The number of hydrogen-bond donors (Lipinski definition) is 4. The minimum atomic E-state index is -1.02. The van der Waals surface area contributed by atoms with Crippen molar-refractivity contribution in [1.82, 2.24) is 5.32 Å². The Morgan fingerprint density at radius 1 is 1.11 bits per heavy atom. The Hall–Kier alpha value is -0.240. The maximum Gasteiger partial charge on any atom is 0.112 e. The van der Waals surface area contributed by atoms with Gasteiger partial charge in [0, 0.05) is 12.1 Å². The Balaban J connectivity index is 1.35. The van der Waals surface area contributed by atoms with Crippen LogP contribution in [-0.2, 0) is 9.47 Å². The van der Waals surface area contributed by atoms with E-state index in [1.54, 1.807) is 0 Å². The summed E-state index contributed by atoms with van der Waals surface area (Å²) in [6.07, 6.45) is 7.65. The first kappa shape index (κ1) is 27.0. The summed E-state index contributed by atoms with van der Waals surface area (Å²) in [4.78, 5) is 0. The number of aliphatic hydroxyl groups excluding tert-OH is 1. The van der Waals surface area contributed by atoms with Gasteiger partial charge in [-0.1, -0.05) is 13.8 Å². The molecule has 12 atom stereocenters. The molecule has 0 aromatic rings. The predicted molar refractivity (Wildman–Crippen MR) is 145 cm³/mol. The molecule has 0 amide bonds. The third-order valence-electron chi connectivity index (χ3n) is 13.3. The molecule has 0 aromatic heterocycles. The van der Waals surface area contributed by atoms with Crippen LogP contribution in [0.5, 0.6) is 0 Å². The number of hydrogen-bond acceptors (Lipinski definition) is 6. The van der Waals surface area contributed by atoms with Crippen LogP contribution in [0.3, 0.4) is 0 Å². The summed E-state index contributed by atoms with van der Waals surface area (Å²) in [6.45, 7) is 16.8. The van der Waals surface area contributed by atoms with E-state index in [0.29, 0.717) is 29.8 Å². The molecule has 6 fully saturated rings. The molecule has 4 saturated carbocycles. The molecule has 0 bridgehead atoms. The number of aliphatic hydroxyl groups is 2. The second-order valence-electron chi connectivity index (χ2n) is 15.6. The third-order valence-corrected chi connectivity index (χ3v) is 13.3. The lowest BCUT2D eigenvalue weighted by atomic mass is 9.45. The maximum atomic E-state index is 12.3. The summed E-state index contributed by atoms with van der Waals surface area (Å²) < 4.78 is 12.9. The van der Waals surface area contributed by atoms with Gasteiger partial charge in [-0.3, -0.25) is 0 Å². The van der Waals surface area contributed by atoms with E-state index in [1.807, 2.05) is 20.8 Å². The molecule has 6 rings (SSSR count). The van der Waals surface area contributed by atoms with Crippen LogP contribution in [0.15, 0.2) is 0 Å². The van der Waals surface area contributed by atoms with Crippen LogP contribution in [0.4, 0.5) is 0 Å². The zero-order valence-electron chi connectivity index (χ0n) is 24.5.